The van der Waals surface area contributed by atoms with E-state index in [0.717, 1.165) is 25.9 Å². The number of epoxide rings is 1. The number of hydrogen-bond acceptors (Lipinski definition) is 3. The van der Waals surface area contributed by atoms with Crippen LogP contribution in [0.5, 0.6) is 0 Å². The van der Waals surface area contributed by atoms with Gasteiger partial charge in [-0.3, -0.25) is 4.79 Å². The fraction of sp³-hybridized carbons (Fsp3) is 0.640. The third-order valence-electron chi connectivity index (χ3n) is 8.91. The van der Waals surface area contributed by atoms with E-state index in [1.807, 2.05) is 0 Å². The van der Waals surface area contributed by atoms with E-state index in [4.69, 9.17) is 9.47 Å². The summed E-state index contributed by atoms with van der Waals surface area (Å²) in [7, 11) is 0. The van der Waals surface area contributed by atoms with Gasteiger partial charge in [0, 0.05) is 34.9 Å². The second kappa shape index (κ2) is 6.57. The van der Waals surface area contributed by atoms with Crippen molar-refractivity contribution in [3.05, 3.63) is 36.0 Å². The first-order chi connectivity index (χ1) is 14.5. The lowest BCUT2D eigenvalue weighted by Crippen LogP contribution is -2.86. The zero-order valence-electron chi connectivity index (χ0n) is 18.0. The van der Waals surface area contributed by atoms with E-state index in [2.05, 4.69) is 54.6 Å². The molecule has 1 aromatic heterocycles. The third kappa shape index (κ3) is 2.51. The van der Waals surface area contributed by atoms with Crippen molar-refractivity contribution in [2.45, 2.75) is 63.8 Å². The highest BCUT2D eigenvalue weighted by molar-refractivity contribution is 5.83. The van der Waals surface area contributed by atoms with Crippen molar-refractivity contribution in [2.75, 3.05) is 13.1 Å². The molecule has 2 aliphatic heterocycles. The molecule has 160 valence electrons. The predicted octanol–water partition coefficient (Wildman–Crippen LogP) is 2.80. The second-order valence-corrected chi connectivity index (χ2v) is 10.5. The van der Waals surface area contributed by atoms with E-state index in [9.17, 15) is 4.79 Å². The third-order valence-corrected chi connectivity index (χ3v) is 8.91. The lowest BCUT2D eigenvalue weighted by atomic mass is 9.53. The molecule has 2 aliphatic carbocycles. The number of carbonyl (C=O) groups excluding carboxylic acids is 1. The molecule has 7 atom stereocenters. The maximum atomic E-state index is 12.8. The Morgan fingerprint density at radius 1 is 1.30 bits per heavy atom. The summed E-state index contributed by atoms with van der Waals surface area (Å²) in [4.78, 5) is 16.1. The van der Waals surface area contributed by atoms with E-state index < -0.39 is 0 Å². The Balaban J connectivity index is 1.13. The molecule has 2 saturated heterocycles. The van der Waals surface area contributed by atoms with Crippen LogP contribution in [-0.2, 0) is 20.7 Å². The molecule has 2 aromatic rings. The molecule has 6 rings (SSSR count). The number of rotatable bonds is 5. The summed E-state index contributed by atoms with van der Waals surface area (Å²) < 4.78 is 12.5. The summed E-state index contributed by atoms with van der Waals surface area (Å²) in [6.07, 6.45) is 8.10. The SMILES string of the molecule is C[C@H]1CCC[C@]2(C)C[C@H]3OC(=O)[C@H](C[NH2+]CCc4c[nH]c5ccccc45)[C@H]3[C@H]3O[C@@]312. The number of para-hydroxylation sites is 1. The Hall–Kier alpha value is -1.85. The number of aromatic amines is 1. The Bertz CT molecular complexity index is 986. The van der Waals surface area contributed by atoms with Crippen LogP contribution in [0.15, 0.2) is 30.5 Å². The average Bonchev–Trinajstić information content (AvgIpc) is 3.25. The zero-order chi connectivity index (χ0) is 20.5. The number of ether oxygens (including phenoxy) is 2. The van der Waals surface area contributed by atoms with Crippen LogP contribution >= 0.6 is 0 Å². The molecule has 30 heavy (non-hydrogen) atoms. The molecule has 5 nitrogen and oxygen atoms in total. The van der Waals surface area contributed by atoms with Gasteiger partial charge in [-0.1, -0.05) is 38.5 Å². The van der Waals surface area contributed by atoms with E-state index >= 15 is 0 Å². The van der Waals surface area contributed by atoms with Gasteiger partial charge < -0.3 is 19.8 Å². The van der Waals surface area contributed by atoms with Gasteiger partial charge in [0.25, 0.3) is 0 Å². The Morgan fingerprint density at radius 3 is 3.07 bits per heavy atom. The highest BCUT2D eigenvalue weighted by Gasteiger charge is 2.78. The molecular weight excluding hydrogens is 376 g/mol. The van der Waals surface area contributed by atoms with Crippen molar-refractivity contribution in [2.24, 2.45) is 23.2 Å². The smallest absolute Gasteiger partial charge is 0.315 e. The summed E-state index contributed by atoms with van der Waals surface area (Å²) in [5, 5.41) is 3.61. The van der Waals surface area contributed by atoms with Gasteiger partial charge in [0.1, 0.15) is 17.6 Å². The second-order valence-electron chi connectivity index (χ2n) is 10.5. The van der Waals surface area contributed by atoms with Crippen LogP contribution in [-0.4, -0.2) is 41.9 Å². The van der Waals surface area contributed by atoms with Crippen LogP contribution in [0.3, 0.4) is 0 Å². The summed E-state index contributed by atoms with van der Waals surface area (Å²) >= 11 is 0. The highest BCUT2D eigenvalue weighted by atomic mass is 16.6. The number of aromatic nitrogens is 1. The Morgan fingerprint density at radius 2 is 2.17 bits per heavy atom. The highest BCUT2D eigenvalue weighted by Crippen LogP contribution is 2.70. The molecule has 3 heterocycles. The van der Waals surface area contributed by atoms with Gasteiger partial charge in [-0.25, -0.2) is 0 Å². The van der Waals surface area contributed by atoms with Crippen molar-refractivity contribution in [3.63, 3.8) is 0 Å². The van der Waals surface area contributed by atoms with Crippen molar-refractivity contribution in [1.82, 2.24) is 4.98 Å². The van der Waals surface area contributed by atoms with Crippen LogP contribution in [0.4, 0.5) is 0 Å². The molecule has 2 saturated carbocycles. The largest absolute Gasteiger partial charge is 0.462 e. The summed E-state index contributed by atoms with van der Waals surface area (Å²) in [5.74, 6) is 0.815. The van der Waals surface area contributed by atoms with Crippen molar-refractivity contribution in [1.29, 1.82) is 0 Å². The number of nitrogens with one attached hydrogen (secondary N) is 1. The minimum atomic E-state index is -0.0268. The quantitative estimate of drug-likeness (QED) is 0.453. The first-order valence-electron chi connectivity index (χ1n) is 11.8. The fourth-order valence-electron chi connectivity index (χ4n) is 7.39. The number of nitrogens with two attached hydrogens (primary N) is 1. The van der Waals surface area contributed by atoms with Crippen LogP contribution in [0.25, 0.3) is 10.9 Å². The van der Waals surface area contributed by atoms with Gasteiger partial charge >= 0.3 is 5.97 Å². The summed E-state index contributed by atoms with van der Waals surface area (Å²) in [6.45, 7) is 6.53. The summed E-state index contributed by atoms with van der Waals surface area (Å²) in [5.41, 5.74) is 2.72. The molecule has 3 N–H and O–H groups in total. The first kappa shape index (κ1) is 18.9. The first-order valence-corrected chi connectivity index (χ1v) is 11.8. The molecule has 4 fully saturated rings. The maximum absolute atomic E-state index is 12.8. The van der Waals surface area contributed by atoms with E-state index in [-0.39, 0.29) is 41.0 Å². The monoisotopic (exact) mass is 409 g/mol. The zero-order valence-corrected chi connectivity index (χ0v) is 18.0. The van der Waals surface area contributed by atoms with Crippen LogP contribution in [0.2, 0.25) is 0 Å². The van der Waals surface area contributed by atoms with Gasteiger partial charge in [0.05, 0.1) is 19.2 Å². The standard InChI is InChI=1S/C25H32N2O3/c1-15-6-5-10-24(2)12-20-21(22-25(15,24)30-22)18(23(28)29-20)14-26-11-9-16-13-27-19-8-4-3-7-17(16)19/h3-4,7-8,13,15,18,20-22,26-27H,5-6,9-12,14H2,1-2H3/p+1/t15-,18+,20+,21+,22+,24+,25+/m0/s1. The van der Waals surface area contributed by atoms with Crippen LogP contribution in [0.1, 0.15) is 45.1 Å². The number of hydrogen-bond donors (Lipinski definition) is 2. The average molecular weight is 410 g/mol. The molecule has 0 amide bonds. The fourth-order valence-corrected chi connectivity index (χ4v) is 7.39. The predicted molar refractivity (Wildman–Crippen MR) is 114 cm³/mol. The minimum absolute atomic E-state index is 0.00266. The van der Waals surface area contributed by atoms with Gasteiger partial charge in [-0.15, -0.1) is 0 Å². The molecule has 5 heteroatoms. The normalized spacial score (nSPS) is 41.8. The number of carbonyl (C=O) groups is 1. The molecule has 0 unspecified atom stereocenters. The van der Waals surface area contributed by atoms with Crippen LogP contribution in [0, 0.1) is 23.2 Å². The topological polar surface area (TPSA) is 71.2 Å². The van der Waals surface area contributed by atoms with Crippen molar-refractivity contribution >= 4 is 16.9 Å². The lowest BCUT2D eigenvalue weighted by molar-refractivity contribution is -0.658. The molecule has 0 radical (unpaired) electrons. The van der Waals surface area contributed by atoms with Gasteiger partial charge in [0.15, 0.2) is 0 Å². The Kier molecular flexibility index (Phi) is 4.14. The number of fused-ring (bicyclic) bond motifs is 3. The number of quaternary nitrogens is 1. The van der Waals surface area contributed by atoms with Crippen LogP contribution < -0.4 is 5.32 Å². The maximum Gasteiger partial charge on any atom is 0.315 e. The molecular formula is C25H33N2O3+. The molecule has 0 bridgehead atoms. The number of esters is 1. The van der Waals surface area contributed by atoms with Gasteiger partial charge in [-0.2, -0.15) is 0 Å². The minimum Gasteiger partial charge on any atom is -0.462 e. The van der Waals surface area contributed by atoms with Gasteiger partial charge in [-0.05, 0) is 36.8 Å². The van der Waals surface area contributed by atoms with Crippen molar-refractivity contribution < 1.29 is 19.6 Å². The number of benzene rings is 1. The summed E-state index contributed by atoms with van der Waals surface area (Å²) in [6, 6.07) is 8.44. The van der Waals surface area contributed by atoms with Gasteiger partial charge in [0.2, 0.25) is 0 Å². The van der Waals surface area contributed by atoms with E-state index in [1.165, 1.54) is 35.7 Å². The van der Waals surface area contributed by atoms with E-state index in [1.54, 1.807) is 0 Å². The molecule has 1 spiro atoms. The lowest BCUT2D eigenvalue weighted by Gasteiger charge is -2.48. The number of H-pyrrole nitrogens is 1. The van der Waals surface area contributed by atoms with Crippen molar-refractivity contribution in [3.8, 4) is 0 Å². The van der Waals surface area contributed by atoms with E-state index in [0.29, 0.717) is 5.92 Å². The Labute approximate surface area is 177 Å². The molecule has 4 aliphatic rings. The molecule has 1 aromatic carbocycles.